The lowest BCUT2D eigenvalue weighted by atomic mass is 9.99. The zero-order valence-corrected chi connectivity index (χ0v) is 19.1. The van der Waals surface area contributed by atoms with Crippen molar-refractivity contribution >= 4 is 41.0 Å². The molecule has 164 valence electrons. The van der Waals surface area contributed by atoms with Crippen molar-refractivity contribution in [3.63, 3.8) is 0 Å². The highest BCUT2D eigenvalue weighted by molar-refractivity contribution is 7.98. The summed E-state index contributed by atoms with van der Waals surface area (Å²) >= 11 is 7.46. The average molecular weight is 468 g/mol. The van der Waals surface area contributed by atoms with Gasteiger partial charge in [0, 0.05) is 23.0 Å². The van der Waals surface area contributed by atoms with E-state index in [-0.39, 0.29) is 11.9 Å². The summed E-state index contributed by atoms with van der Waals surface area (Å²) in [5.41, 5.74) is 3.34. The van der Waals surface area contributed by atoms with Gasteiger partial charge in [-0.05, 0) is 43.0 Å². The van der Waals surface area contributed by atoms with E-state index in [9.17, 15) is 9.59 Å². The third-order valence-corrected chi connectivity index (χ3v) is 6.07. The van der Waals surface area contributed by atoms with Crippen LogP contribution in [0, 0.1) is 0 Å². The number of anilines is 1. The first kappa shape index (κ1) is 22.0. The second-order valence-corrected chi connectivity index (χ2v) is 8.48. The molecule has 2 aromatic carbocycles. The molecule has 0 fully saturated rings. The van der Waals surface area contributed by atoms with Crippen LogP contribution in [0.4, 0.5) is 10.5 Å². The Hall–Kier alpha value is -3.23. The largest absolute Gasteiger partial charge is 0.325 e. The molecule has 7 nitrogen and oxygen atoms in total. The third-order valence-electron chi connectivity index (χ3n) is 5.13. The number of hydrogen-bond acceptors (Lipinski definition) is 4. The predicted octanol–water partition coefficient (Wildman–Crippen LogP) is 4.57. The molecule has 1 aliphatic rings. The van der Waals surface area contributed by atoms with Gasteiger partial charge in [-0.1, -0.05) is 53.7 Å². The van der Waals surface area contributed by atoms with Gasteiger partial charge >= 0.3 is 6.03 Å². The molecule has 0 saturated heterocycles. The summed E-state index contributed by atoms with van der Waals surface area (Å²) in [4.78, 5) is 30.1. The molecular formula is C23H22ClN5O2S. The Labute approximate surface area is 195 Å². The van der Waals surface area contributed by atoms with E-state index in [1.54, 1.807) is 37.4 Å². The predicted molar refractivity (Wildman–Crippen MR) is 127 cm³/mol. The van der Waals surface area contributed by atoms with Crippen LogP contribution in [0.1, 0.15) is 24.2 Å². The smallest absolute Gasteiger partial charge is 0.319 e. The zero-order chi connectivity index (χ0) is 22.7. The van der Waals surface area contributed by atoms with Crippen LogP contribution in [-0.4, -0.2) is 27.7 Å². The Morgan fingerprint density at radius 3 is 2.59 bits per heavy atom. The van der Waals surface area contributed by atoms with Crippen molar-refractivity contribution in [1.29, 1.82) is 0 Å². The monoisotopic (exact) mass is 467 g/mol. The Balaban J connectivity index is 1.71. The molecule has 3 N–H and O–H groups in total. The summed E-state index contributed by atoms with van der Waals surface area (Å²) in [6.45, 7) is 2.28. The second kappa shape index (κ2) is 9.50. The first-order valence-corrected chi connectivity index (χ1v) is 11.5. The number of allylic oxidation sites excluding steroid dienone is 1. The molecule has 9 heteroatoms. The number of carbonyl (C=O) groups is 2. The number of benzene rings is 2. The SMILES string of the molecule is CSc1ncc(C2NC(=O)NC(C)=C2C(=O)Nc2ccc(Cl)cc2)n1Cc1ccccc1. The highest BCUT2D eigenvalue weighted by Crippen LogP contribution is 2.31. The van der Waals surface area contributed by atoms with E-state index in [1.165, 1.54) is 11.8 Å². The summed E-state index contributed by atoms with van der Waals surface area (Å²) in [7, 11) is 0. The highest BCUT2D eigenvalue weighted by atomic mass is 35.5. The first-order chi connectivity index (χ1) is 15.5. The summed E-state index contributed by atoms with van der Waals surface area (Å²) in [5.74, 6) is -0.319. The maximum Gasteiger partial charge on any atom is 0.319 e. The molecule has 32 heavy (non-hydrogen) atoms. The van der Waals surface area contributed by atoms with Crippen molar-refractivity contribution in [1.82, 2.24) is 20.2 Å². The minimum Gasteiger partial charge on any atom is -0.325 e. The number of nitrogens with one attached hydrogen (secondary N) is 3. The topological polar surface area (TPSA) is 88.1 Å². The Bertz CT molecular complexity index is 1170. The number of imidazole rings is 1. The fourth-order valence-corrected chi connectivity index (χ4v) is 4.31. The maximum atomic E-state index is 13.3. The molecular weight excluding hydrogens is 446 g/mol. The molecule has 1 unspecified atom stereocenters. The van der Waals surface area contributed by atoms with Gasteiger partial charge in [0.15, 0.2) is 5.16 Å². The van der Waals surface area contributed by atoms with Crippen molar-refractivity contribution in [2.24, 2.45) is 0 Å². The van der Waals surface area contributed by atoms with E-state index < -0.39 is 6.04 Å². The van der Waals surface area contributed by atoms with Crippen LogP contribution in [0.15, 0.2) is 77.2 Å². The molecule has 0 aliphatic carbocycles. The molecule has 0 spiro atoms. The lowest BCUT2D eigenvalue weighted by Crippen LogP contribution is -2.46. The number of aromatic nitrogens is 2. The zero-order valence-electron chi connectivity index (χ0n) is 17.6. The molecule has 4 rings (SSSR count). The lowest BCUT2D eigenvalue weighted by Gasteiger charge is -2.29. The Kier molecular flexibility index (Phi) is 6.53. The lowest BCUT2D eigenvalue weighted by molar-refractivity contribution is -0.113. The van der Waals surface area contributed by atoms with Gasteiger partial charge in [-0.15, -0.1) is 0 Å². The summed E-state index contributed by atoms with van der Waals surface area (Å²) in [6.07, 6.45) is 3.66. The Morgan fingerprint density at radius 2 is 1.91 bits per heavy atom. The number of rotatable bonds is 6. The van der Waals surface area contributed by atoms with Gasteiger partial charge < -0.3 is 20.5 Å². The fourth-order valence-electron chi connectivity index (χ4n) is 3.64. The number of carbonyl (C=O) groups excluding carboxylic acids is 2. The van der Waals surface area contributed by atoms with Gasteiger partial charge in [-0.2, -0.15) is 0 Å². The first-order valence-electron chi connectivity index (χ1n) is 9.95. The number of hydrogen-bond donors (Lipinski definition) is 3. The fraction of sp³-hybridized carbons (Fsp3) is 0.174. The number of halogens is 1. The molecule has 3 amide bonds. The van der Waals surface area contributed by atoms with Crippen LogP contribution in [0.25, 0.3) is 0 Å². The number of thioether (sulfide) groups is 1. The quantitative estimate of drug-likeness (QED) is 0.463. The van der Waals surface area contributed by atoms with Gasteiger partial charge in [0.25, 0.3) is 5.91 Å². The summed E-state index contributed by atoms with van der Waals surface area (Å²) < 4.78 is 2.03. The molecule has 1 aromatic heterocycles. The van der Waals surface area contributed by atoms with E-state index in [4.69, 9.17) is 11.6 Å². The van der Waals surface area contributed by atoms with Gasteiger partial charge in [-0.25, -0.2) is 9.78 Å². The van der Waals surface area contributed by atoms with E-state index in [0.29, 0.717) is 28.5 Å². The number of nitrogens with zero attached hydrogens (tertiary/aromatic N) is 2. The van der Waals surface area contributed by atoms with Crippen molar-refractivity contribution < 1.29 is 9.59 Å². The van der Waals surface area contributed by atoms with Gasteiger partial charge in [-0.3, -0.25) is 4.79 Å². The molecule has 3 aromatic rings. The van der Waals surface area contributed by atoms with Crippen molar-refractivity contribution in [3.05, 3.63) is 88.3 Å². The van der Waals surface area contributed by atoms with Crippen molar-refractivity contribution in [2.45, 2.75) is 24.7 Å². The van der Waals surface area contributed by atoms with Crippen LogP contribution in [0.5, 0.6) is 0 Å². The molecule has 0 saturated carbocycles. The Morgan fingerprint density at radius 1 is 1.19 bits per heavy atom. The van der Waals surface area contributed by atoms with Crippen molar-refractivity contribution in [2.75, 3.05) is 11.6 Å². The van der Waals surface area contributed by atoms with Gasteiger partial charge in [0.1, 0.15) is 6.04 Å². The maximum absolute atomic E-state index is 13.3. The molecule has 0 bridgehead atoms. The van der Waals surface area contributed by atoms with Crippen LogP contribution < -0.4 is 16.0 Å². The van der Waals surface area contributed by atoms with Gasteiger partial charge in [0.05, 0.1) is 17.5 Å². The van der Waals surface area contributed by atoms with Crippen LogP contribution in [0.2, 0.25) is 5.02 Å². The third kappa shape index (κ3) is 4.66. The van der Waals surface area contributed by atoms with Crippen molar-refractivity contribution in [3.8, 4) is 0 Å². The number of urea groups is 1. The minimum absolute atomic E-state index is 0.319. The highest BCUT2D eigenvalue weighted by Gasteiger charge is 2.34. The standard InChI is InChI=1S/C23H22ClN5O2S/c1-14-19(21(30)27-17-10-8-16(24)9-11-17)20(28-22(31)26-14)18-12-25-23(32-2)29(18)13-15-6-4-3-5-7-15/h3-12,20H,13H2,1-2H3,(H,27,30)(H2,26,28,31). The number of amides is 3. The summed E-state index contributed by atoms with van der Waals surface area (Å²) in [6, 6.07) is 15.8. The van der Waals surface area contributed by atoms with Crippen LogP contribution in [0.3, 0.4) is 0 Å². The van der Waals surface area contributed by atoms with E-state index in [1.807, 2.05) is 41.2 Å². The van der Waals surface area contributed by atoms with E-state index in [0.717, 1.165) is 16.4 Å². The summed E-state index contributed by atoms with van der Waals surface area (Å²) in [5, 5.41) is 9.87. The second-order valence-electron chi connectivity index (χ2n) is 7.27. The van der Waals surface area contributed by atoms with Crippen LogP contribution in [-0.2, 0) is 11.3 Å². The van der Waals surface area contributed by atoms with Gasteiger partial charge in [0.2, 0.25) is 0 Å². The average Bonchev–Trinajstić information content (AvgIpc) is 3.17. The molecule has 0 radical (unpaired) electrons. The van der Waals surface area contributed by atoms with Crippen LogP contribution >= 0.6 is 23.4 Å². The molecule has 2 heterocycles. The normalized spacial score (nSPS) is 15.8. The minimum atomic E-state index is -0.659. The van der Waals surface area contributed by atoms with E-state index >= 15 is 0 Å². The molecule has 1 atom stereocenters. The van der Waals surface area contributed by atoms with E-state index in [2.05, 4.69) is 20.9 Å². The molecule has 1 aliphatic heterocycles.